The summed E-state index contributed by atoms with van der Waals surface area (Å²) in [5.41, 5.74) is 8.98. The summed E-state index contributed by atoms with van der Waals surface area (Å²) in [5, 5.41) is 4.31. The highest BCUT2D eigenvalue weighted by Crippen LogP contribution is 2.21. The lowest BCUT2D eigenvalue weighted by atomic mass is 10.1. The molecule has 0 aliphatic rings. The third-order valence-electron chi connectivity index (χ3n) is 3.35. The Kier molecular flexibility index (Phi) is 4.20. The summed E-state index contributed by atoms with van der Waals surface area (Å²) in [5.74, 6) is -0.0594. The van der Waals surface area contributed by atoms with Crippen LogP contribution in [0.3, 0.4) is 0 Å². The number of amides is 1. The summed E-state index contributed by atoms with van der Waals surface area (Å²) in [6, 6.07) is 7.67. The van der Waals surface area contributed by atoms with E-state index in [0.29, 0.717) is 12.1 Å². The number of carbonyl (C=O) groups excluding carboxylic acids is 1. The largest absolute Gasteiger partial charge is 0.326 e. The highest BCUT2D eigenvalue weighted by Gasteiger charge is 2.20. The van der Waals surface area contributed by atoms with Gasteiger partial charge in [0, 0.05) is 32.5 Å². The van der Waals surface area contributed by atoms with Gasteiger partial charge in [0.15, 0.2) is 0 Å². The molecule has 1 amide bonds. The highest BCUT2D eigenvalue weighted by atomic mass is 16.2. The second kappa shape index (κ2) is 5.88. The first-order valence-corrected chi connectivity index (χ1v) is 6.67. The van der Waals surface area contributed by atoms with Gasteiger partial charge in [-0.3, -0.25) is 9.48 Å². The third kappa shape index (κ3) is 2.58. The number of aromatic nitrogens is 2. The Morgan fingerprint density at radius 1 is 1.40 bits per heavy atom. The summed E-state index contributed by atoms with van der Waals surface area (Å²) in [4.78, 5) is 14.3. The molecule has 0 saturated heterocycles. The van der Waals surface area contributed by atoms with Gasteiger partial charge in [0.05, 0.1) is 11.3 Å². The molecule has 0 radical (unpaired) electrons. The van der Waals surface area contributed by atoms with E-state index in [-0.39, 0.29) is 5.91 Å². The summed E-state index contributed by atoms with van der Waals surface area (Å²) in [6.07, 6.45) is 2.50. The minimum Gasteiger partial charge on any atom is -0.326 e. The van der Waals surface area contributed by atoms with Crippen molar-refractivity contribution in [3.8, 4) is 0 Å². The standard InChI is InChI=1S/C15H20N4O/c1-4-13-12(10-18(2)17-13)15(20)19(3)14-8-6-5-7-11(14)9-16/h5-8,10H,4,9,16H2,1-3H3. The van der Waals surface area contributed by atoms with Crippen LogP contribution in [0.25, 0.3) is 0 Å². The highest BCUT2D eigenvalue weighted by molar-refractivity contribution is 6.06. The molecule has 5 heteroatoms. The fourth-order valence-corrected chi connectivity index (χ4v) is 2.28. The second-order valence-corrected chi connectivity index (χ2v) is 4.71. The van der Waals surface area contributed by atoms with E-state index in [1.54, 1.807) is 22.8 Å². The molecule has 0 fully saturated rings. The van der Waals surface area contributed by atoms with E-state index in [9.17, 15) is 4.79 Å². The van der Waals surface area contributed by atoms with Crippen LogP contribution in [0.4, 0.5) is 5.69 Å². The van der Waals surface area contributed by atoms with Crippen molar-refractivity contribution in [1.29, 1.82) is 0 Å². The topological polar surface area (TPSA) is 64.2 Å². The average molecular weight is 272 g/mol. The molecule has 0 saturated carbocycles. The molecular formula is C15H20N4O. The van der Waals surface area contributed by atoms with E-state index in [1.807, 2.05) is 38.2 Å². The van der Waals surface area contributed by atoms with Crippen LogP contribution < -0.4 is 10.6 Å². The van der Waals surface area contributed by atoms with E-state index in [2.05, 4.69) is 5.10 Å². The van der Waals surface area contributed by atoms with E-state index < -0.39 is 0 Å². The number of benzene rings is 1. The lowest BCUT2D eigenvalue weighted by Gasteiger charge is -2.20. The van der Waals surface area contributed by atoms with Gasteiger partial charge in [0.2, 0.25) is 0 Å². The number of anilines is 1. The minimum atomic E-state index is -0.0594. The lowest BCUT2D eigenvalue weighted by Crippen LogP contribution is -2.28. The van der Waals surface area contributed by atoms with Crippen molar-refractivity contribution in [3.63, 3.8) is 0 Å². The molecule has 2 N–H and O–H groups in total. The first-order chi connectivity index (χ1) is 9.58. The smallest absolute Gasteiger partial charge is 0.261 e. The quantitative estimate of drug-likeness (QED) is 0.921. The maximum absolute atomic E-state index is 12.6. The Bertz CT molecular complexity index is 618. The molecule has 1 heterocycles. The van der Waals surface area contributed by atoms with Crippen molar-refractivity contribution in [2.24, 2.45) is 12.8 Å². The second-order valence-electron chi connectivity index (χ2n) is 4.71. The normalized spacial score (nSPS) is 10.6. The summed E-state index contributed by atoms with van der Waals surface area (Å²) in [7, 11) is 3.59. The Hall–Kier alpha value is -2.14. The summed E-state index contributed by atoms with van der Waals surface area (Å²) >= 11 is 0. The van der Waals surface area contributed by atoms with Gasteiger partial charge < -0.3 is 10.6 Å². The van der Waals surface area contributed by atoms with Crippen LogP contribution in [0.2, 0.25) is 0 Å². The van der Waals surface area contributed by atoms with Crippen LogP contribution in [0.5, 0.6) is 0 Å². The molecule has 0 bridgehead atoms. The molecule has 106 valence electrons. The maximum Gasteiger partial charge on any atom is 0.261 e. The number of rotatable bonds is 4. The van der Waals surface area contributed by atoms with Gasteiger partial charge in [-0.1, -0.05) is 25.1 Å². The molecule has 2 aromatic rings. The number of hydrogen-bond acceptors (Lipinski definition) is 3. The van der Waals surface area contributed by atoms with Gasteiger partial charge in [0.25, 0.3) is 5.91 Å². The fraction of sp³-hybridized carbons (Fsp3) is 0.333. The molecule has 0 spiro atoms. The van der Waals surface area contributed by atoms with Gasteiger partial charge in [-0.25, -0.2) is 0 Å². The summed E-state index contributed by atoms with van der Waals surface area (Å²) in [6.45, 7) is 2.40. The number of nitrogens with two attached hydrogens (primary N) is 1. The summed E-state index contributed by atoms with van der Waals surface area (Å²) < 4.78 is 1.68. The molecule has 20 heavy (non-hydrogen) atoms. The first-order valence-electron chi connectivity index (χ1n) is 6.67. The molecule has 5 nitrogen and oxygen atoms in total. The number of hydrogen-bond donors (Lipinski definition) is 1. The van der Waals surface area contributed by atoms with Gasteiger partial charge in [0.1, 0.15) is 0 Å². The zero-order chi connectivity index (χ0) is 14.7. The van der Waals surface area contributed by atoms with Crippen molar-refractivity contribution < 1.29 is 4.79 Å². The van der Waals surface area contributed by atoms with Crippen LogP contribution in [0, 0.1) is 0 Å². The molecule has 0 atom stereocenters. The SMILES string of the molecule is CCc1nn(C)cc1C(=O)N(C)c1ccccc1CN. The Morgan fingerprint density at radius 3 is 2.75 bits per heavy atom. The molecular weight excluding hydrogens is 252 g/mol. The van der Waals surface area contributed by atoms with Gasteiger partial charge >= 0.3 is 0 Å². The fourth-order valence-electron chi connectivity index (χ4n) is 2.28. The van der Waals surface area contributed by atoms with Gasteiger partial charge in [-0.2, -0.15) is 5.10 Å². The predicted molar refractivity (Wildman–Crippen MR) is 79.7 cm³/mol. The van der Waals surface area contributed by atoms with Crippen LogP contribution in [-0.2, 0) is 20.0 Å². The molecule has 1 aromatic carbocycles. The van der Waals surface area contributed by atoms with E-state index in [0.717, 1.165) is 23.4 Å². The van der Waals surface area contributed by atoms with Crippen molar-refractivity contribution in [2.45, 2.75) is 19.9 Å². The van der Waals surface area contributed by atoms with Crippen molar-refractivity contribution >= 4 is 11.6 Å². The van der Waals surface area contributed by atoms with Crippen molar-refractivity contribution in [1.82, 2.24) is 9.78 Å². The van der Waals surface area contributed by atoms with E-state index in [1.165, 1.54) is 0 Å². The van der Waals surface area contributed by atoms with Crippen molar-refractivity contribution in [2.75, 3.05) is 11.9 Å². The van der Waals surface area contributed by atoms with Crippen LogP contribution in [0.1, 0.15) is 28.5 Å². The average Bonchev–Trinajstić information content (AvgIpc) is 2.86. The lowest BCUT2D eigenvalue weighted by molar-refractivity contribution is 0.0992. The molecule has 1 aromatic heterocycles. The number of para-hydroxylation sites is 1. The minimum absolute atomic E-state index is 0.0594. The molecule has 2 rings (SSSR count). The maximum atomic E-state index is 12.6. The van der Waals surface area contributed by atoms with E-state index >= 15 is 0 Å². The zero-order valence-electron chi connectivity index (χ0n) is 12.1. The van der Waals surface area contributed by atoms with E-state index in [4.69, 9.17) is 5.73 Å². The van der Waals surface area contributed by atoms with Crippen LogP contribution >= 0.6 is 0 Å². The number of nitrogens with zero attached hydrogens (tertiary/aromatic N) is 3. The zero-order valence-corrected chi connectivity index (χ0v) is 12.1. The monoisotopic (exact) mass is 272 g/mol. The Labute approximate surface area is 119 Å². The first kappa shape index (κ1) is 14.3. The number of carbonyl (C=O) groups is 1. The van der Waals surface area contributed by atoms with Gasteiger partial charge in [-0.05, 0) is 18.1 Å². The van der Waals surface area contributed by atoms with Gasteiger partial charge in [-0.15, -0.1) is 0 Å². The van der Waals surface area contributed by atoms with Crippen molar-refractivity contribution in [3.05, 3.63) is 47.3 Å². The van der Waals surface area contributed by atoms with Crippen LogP contribution in [-0.4, -0.2) is 22.7 Å². The molecule has 0 aliphatic heterocycles. The van der Waals surface area contributed by atoms with Crippen LogP contribution in [0.15, 0.2) is 30.5 Å². The number of aryl methyl sites for hydroxylation is 2. The Morgan fingerprint density at radius 2 is 2.10 bits per heavy atom. The molecule has 0 unspecified atom stereocenters. The Balaban J connectivity index is 2.37. The molecule has 0 aliphatic carbocycles. The third-order valence-corrected chi connectivity index (χ3v) is 3.35. The predicted octanol–water partition coefficient (Wildman–Crippen LogP) is 1.72.